The standard InChI is InChI=1S/C31H39N3O5/c1-21(2)29(34-27(36)20-39-24-16-10-5-11-17-24)31(38)33-25(18-22-12-6-3-7-13-22)30(37)28(32)26(35)19-23-14-8-4-9-15-23/h3-17,21,25-26,28-30,35,37H,18-20,32H2,1-2H3,(H,33,38)(H,34,36)/t25-,26+,28+,29-,30+/m0/s1. The van der Waals surface area contributed by atoms with Gasteiger partial charge in [0, 0.05) is 0 Å². The van der Waals surface area contributed by atoms with Crippen LogP contribution in [0.5, 0.6) is 5.75 Å². The van der Waals surface area contributed by atoms with Crippen molar-refractivity contribution in [2.24, 2.45) is 11.7 Å². The lowest BCUT2D eigenvalue weighted by atomic mass is 9.91. The third kappa shape index (κ3) is 9.51. The fourth-order valence-corrected chi connectivity index (χ4v) is 4.30. The van der Waals surface area contributed by atoms with Crippen LogP contribution in [0.4, 0.5) is 0 Å². The van der Waals surface area contributed by atoms with Gasteiger partial charge in [-0.25, -0.2) is 0 Å². The Kier molecular flexibility index (Phi) is 11.5. The van der Waals surface area contributed by atoms with E-state index < -0.39 is 42.1 Å². The van der Waals surface area contributed by atoms with E-state index in [0.717, 1.165) is 11.1 Å². The topological polar surface area (TPSA) is 134 Å². The van der Waals surface area contributed by atoms with Gasteiger partial charge in [0.25, 0.3) is 5.91 Å². The van der Waals surface area contributed by atoms with Crippen LogP contribution in [0.15, 0.2) is 91.0 Å². The van der Waals surface area contributed by atoms with E-state index in [-0.39, 0.29) is 25.4 Å². The summed E-state index contributed by atoms with van der Waals surface area (Å²) in [6.07, 6.45) is -1.74. The van der Waals surface area contributed by atoms with Gasteiger partial charge in [0.2, 0.25) is 5.91 Å². The van der Waals surface area contributed by atoms with Gasteiger partial charge in [-0.15, -0.1) is 0 Å². The zero-order chi connectivity index (χ0) is 28.2. The molecule has 3 aromatic carbocycles. The molecule has 0 unspecified atom stereocenters. The van der Waals surface area contributed by atoms with Gasteiger partial charge in [0.1, 0.15) is 11.8 Å². The number of hydrogen-bond acceptors (Lipinski definition) is 6. The van der Waals surface area contributed by atoms with E-state index in [1.165, 1.54) is 0 Å². The molecular formula is C31H39N3O5. The minimum absolute atomic E-state index is 0.238. The average Bonchev–Trinajstić information content (AvgIpc) is 2.95. The minimum atomic E-state index is -1.25. The molecule has 0 heterocycles. The summed E-state index contributed by atoms with van der Waals surface area (Å²) in [5.41, 5.74) is 8.08. The maximum Gasteiger partial charge on any atom is 0.258 e. The highest BCUT2D eigenvalue weighted by Crippen LogP contribution is 2.15. The van der Waals surface area contributed by atoms with Crippen LogP contribution in [0.2, 0.25) is 0 Å². The third-order valence-corrected chi connectivity index (χ3v) is 6.54. The van der Waals surface area contributed by atoms with Crippen molar-refractivity contribution in [2.75, 3.05) is 6.61 Å². The van der Waals surface area contributed by atoms with Crippen LogP contribution in [0.1, 0.15) is 25.0 Å². The van der Waals surface area contributed by atoms with Crippen LogP contribution < -0.4 is 21.1 Å². The van der Waals surface area contributed by atoms with Crippen LogP contribution in [0, 0.1) is 5.92 Å². The zero-order valence-corrected chi connectivity index (χ0v) is 22.4. The summed E-state index contributed by atoms with van der Waals surface area (Å²) >= 11 is 0. The molecule has 8 heteroatoms. The number of aliphatic hydroxyl groups is 2. The molecule has 0 radical (unpaired) electrons. The van der Waals surface area contributed by atoms with Gasteiger partial charge in [0.05, 0.1) is 24.3 Å². The summed E-state index contributed by atoms with van der Waals surface area (Å²) in [5.74, 6) is -0.588. The van der Waals surface area contributed by atoms with Crippen molar-refractivity contribution < 1.29 is 24.5 Å². The lowest BCUT2D eigenvalue weighted by molar-refractivity contribution is -0.132. The van der Waals surface area contributed by atoms with E-state index in [9.17, 15) is 19.8 Å². The van der Waals surface area contributed by atoms with Gasteiger partial charge >= 0.3 is 0 Å². The normalized spacial score (nSPS) is 15.0. The Morgan fingerprint density at radius 2 is 1.31 bits per heavy atom. The van der Waals surface area contributed by atoms with Gasteiger partial charge in [-0.2, -0.15) is 0 Å². The lowest BCUT2D eigenvalue weighted by Crippen LogP contribution is -2.60. The second-order valence-electron chi connectivity index (χ2n) is 10.0. The van der Waals surface area contributed by atoms with Crippen LogP contribution >= 0.6 is 0 Å². The van der Waals surface area contributed by atoms with Crippen LogP contribution in [0.3, 0.4) is 0 Å². The van der Waals surface area contributed by atoms with Crippen molar-refractivity contribution in [3.63, 3.8) is 0 Å². The highest BCUT2D eigenvalue weighted by molar-refractivity contribution is 5.88. The molecule has 0 saturated heterocycles. The number of aliphatic hydroxyl groups excluding tert-OH is 2. The highest BCUT2D eigenvalue weighted by Gasteiger charge is 2.34. The van der Waals surface area contributed by atoms with E-state index in [1.807, 2.05) is 80.6 Å². The molecule has 5 atom stereocenters. The number of para-hydroxylation sites is 1. The quantitative estimate of drug-likeness (QED) is 0.216. The molecule has 6 N–H and O–H groups in total. The first-order chi connectivity index (χ1) is 18.7. The number of ether oxygens (including phenoxy) is 1. The van der Waals surface area contributed by atoms with Gasteiger partial charge in [-0.3, -0.25) is 9.59 Å². The smallest absolute Gasteiger partial charge is 0.258 e. The van der Waals surface area contributed by atoms with Crippen molar-refractivity contribution in [1.82, 2.24) is 10.6 Å². The second kappa shape index (κ2) is 15.0. The average molecular weight is 534 g/mol. The van der Waals surface area contributed by atoms with Crippen molar-refractivity contribution in [1.29, 1.82) is 0 Å². The molecule has 208 valence electrons. The Morgan fingerprint density at radius 1 is 0.795 bits per heavy atom. The lowest BCUT2D eigenvalue weighted by Gasteiger charge is -2.33. The van der Waals surface area contributed by atoms with Crippen molar-refractivity contribution in [2.45, 2.75) is 57.0 Å². The molecule has 0 aliphatic rings. The van der Waals surface area contributed by atoms with Crippen LogP contribution in [-0.4, -0.2) is 59.0 Å². The molecule has 0 fully saturated rings. The SMILES string of the molecule is CC(C)[C@H](NC(=O)COc1ccccc1)C(=O)N[C@@H](Cc1ccccc1)[C@@H](O)[C@H](N)[C@H](O)Cc1ccccc1. The first-order valence-corrected chi connectivity index (χ1v) is 13.2. The first-order valence-electron chi connectivity index (χ1n) is 13.2. The first kappa shape index (κ1) is 29.8. The molecule has 0 aromatic heterocycles. The van der Waals surface area contributed by atoms with Gasteiger partial charge < -0.3 is 31.3 Å². The molecule has 39 heavy (non-hydrogen) atoms. The molecule has 0 saturated carbocycles. The Balaban J connectivity index is 1.69. The van der Waals surface area contributed by atoms with Crippen molar-refractivity contribution >= 4 is 11.8 Å². The van der Waals surface area contributed by atoms with Gasteiger partial charge in [-0.1, -0.05) is 92.7 Å². The Hall–Kier alpha value is -3.72. The Morgan fingerprint density at radius 3 is 1.85 bits per heavy atom. The summed E-state index contributed by atoms with van der Waals surface area (Å²) in [7, 11) is 0. The Labute approximate surface area is 230 Å². The summed E-state index contributed by atoms with van der Waals surface area (Å²) < 4.78 is 5.51. The van der Waals surface area contributed by atoms with E-state index in [4.69, 9.17) is 10.5 Å². The number of carbonyl (C=O) groups is 2. The predicted molar refractivity (Wildman–Crippen MR) is 151 cm³/mol. The summed E-state index contributed by atoms with van der Waals surface area (Å²) in [6, 6.07) is 25.0. The van der Waals surface area contributed by atoms with Gasteiger partial charge in [0.15, 0.2) is 6.61 Å². The number of carbonyl (C=O) groups excluding carboxylic acids is 2. The molecule has 8 nitrogen and oxygen atoms in total. The molecule has 3 rings (SSSR count). The van der Waals surface area contributed by atoms with Crippen LogP contribution in [-0.2, 0) is 22.4 Å². The Bertz CT molecular complexity index is 1140. The molecule has 0 aliphatic heterocycles. The number of rotatable bonds is 14. The fourth-order valence-electron chi connectivity index (χ4n) is 4.30. The zero-order valence-electron chi connectivity index (χ0n) is 22.4. The monoisotopic (exact) mass is 533 g/mol. The summed E-state index contributed by atoms with van der Waals surface area (Å²) in [6.45, 7) is 3.40. The van der Waals surface area contributed by atoms with E-state index in [1.54, 1.807) is 24.3 Å². The maximum atomic E-state index is 13.4. The van der Waals surface area contributed by atoms with E-state index >= 15 is 0 Å². The largest absolute Gasteiger partial charge is 0.484 e. The van der Waals surface area contributed by atoms with Gasteiger partial charge in [-0.05, 0) is 42.0 Å². The van der Waals surface area contributed by atoms with E-state index in [2.05, 4.69) is 10.6 Å². The van der Waals surface area contributed by atoms with Crippen molar-refractivity contribution in [3.8, 4) is 5.75 Å². The molecule has 3 aromatic rings. The van der Waals surface area contributed by atoms with Crippen LogP contribution in [0.25, 0.3) is 0 Å². The highest BCUT2D eigenvalue weighted by atomic mass is 16.5. The fraction of sp³-hybridized carbons (Fsp3) is 0.355. The maximum absolute atomic E-state index is 13.4. The molecule has 0 spiro atoms. The summed E-state index contributed by atoms with van der Waals surface area (Å²) in [4.78, 5) is 26.0. The van der Waals surface area contributed by atoms with E-state index in [0.29, 0.717) is 5.75 Å². The number of hydrogen-bond donors (Lipinski definition) is 5. The molecular weight excluding hydrogens is 494 g/mol. The number of benzene rings is 3. The molecule has 0 aliphatic carbocycles. The minimum Gasteiger partial charge on any atom is -0.484 e. The third-order valence-electron chi connectivity index (χ3n) is 6.54. The number of nitrogens with two attached hydrogens (primary N) is 1. The molecule has 0 bridgehead atoms. The number of nitrogens with one attached hydrogen (secondary N) is 2. The second-order valence-corrected chi connectivity index (χ2v) is 10.0. The number of amides is 2. The predicted octanol–water partition coefficient (Wildman–Crippen LogP) is 2.23. The molecule has 2 amide bonds. The summed E-state index contributed by atoms with van der Waals surface area (Å²) in [5, 5.41) is 27.7. The van der Waals surface area contributed by atoms with Crippen molar-refractivity contribution in [3.05, 3.63) is 102 Å².